The lowest BCUT2D eigenvalue weighted by Gasteiger charge is -2.52. The summed E-state index contributed by atoms with van der Waals surface area (Å²) in [5, 5.41) is 14.5. The Bertz CT molecular complexity index is 927. The number of nitrogens with zero attached hydrogens (tertiary/aromatic N) is 1. The number of nitrogens with one attached hydrogen (secondary N) is 1. The summed E-state index contributed by atoms with van der Waals surface area (Å²) in [6, 6.07) is 14.2. The Morgan fingerprint density at radius 1 is 1.16 bits per heavy atom. The Morgan fingerprint density at radius 3 is 2.65 bits per heavy atom. The minimum absolute atomic E-state index is 0.00767. The number of hydrogen-bond acceptors (Lipinski definition) is 4. The number of likely N-dealkylation sites (tertiary alicyclic amines) is 1. The van der Waals surface area contributed by atoms with Gasteiger partial charge in [-0.05, 0) is 62.4 Å². The Morgan fingerprint density at radius 2 is 1.94 bits per heavy atom. The van der Waals surface area contributed by atoms with E-state index in [2.05, 4.69) is 35.3 Å². The van der Waals surface area contributed by atoms with Crippen LogP contribution < -0.4 is 10.1 Å². The first kappa shape index (κ1) is 21.8. The van der Waals surface area contributed by atoms with Crippen molar-refractivity contribution in [1.82, 2.24) is 4.90 Å². The van der Waals surface area contributed by atoms with E-state index in [9.17, 15) is 9.90 Å². The summed E-state index contributed by atoms with van der Waals surface area (Å²) >= 11 is 0. The van der Waals surface area contributed by atoms with Crippen molar-refractivity contribution in [3.8, 4) is 5.75 Å². The molecule has 1 saturated carbocycles. The van der Waals surface area contributed by atoms with Gasteiger partial charge in [0.25, 0.3) is 0 Å². The van der Waals surface area contributed by atoms with Gasteiger partial charge in [-0.2, -0.15) is 0 Å². The van der Waals surface area contributed by atoms with Crippen molar-refractivity contribution in [3.05, 3.63) is 59.2 Å². The standard InChI is InChI=1S/C26H34N2O3/c1-18-7-12-23(19(2)16-18)27-24(29)17-28-15-14-26(30)13-5-4-6-22(26)25(28)20-8-10-21(31-3)11-9-20/h7-12,16,22,25,30H,4-6,13-15,17H2,1-3H3,(H,27,29)/t22-,25+,26-/m1/s1. The van der Waals surface area contributed by atoms with Gasteiger partial charge in [0.15, 0.2) is 0 Å². The van der Waals surface area contributed by atoms with E-state index in [-0.39, 0.29) is 17.9 Å². The zero-order valence-corrected chi connectivity index (χ0v) is 18.9. The molecule has 4 rings (SSSR count). The summed E-state index contributed by atoms with van der Waals surface area (Å²) in [6.07, 6.45) is 4.77. The van der Waals surface area contributed by atoms with Gasteiger partial charge in [-0.1, -0.05) is 42.7 Å². The van der Waals surface area contributed by atoms with Crippen LogP contribution in [0.3, 0.4) is 0 Å². The molecule has 3 atom stereocenters. The molecule has 2 aromatic rings. The second-order valence-corrected chi connectivity index (χ2v) is 9.26. The highest BCUT2D eigenvalue weighted by atomic mass is 16.5. The zero-order valence-electron chi connectivity index (χ0n) is 18.9. The Labute approximate surface area is 185 Å². The molecule has 1 amide bonds. The van der Waals surface area contributed by atoms with E-state index in [1.165, 1.54) is 5.56 Å². The number of carbonyl (C=O) groups is 1. The summed E-state index contributed by atoms with van der Waals surface area (Å²) < 4.78 is 5.33. The molecule has 2 fully saturated rings. The number of benzene rings is 2. The molecule has 2 aliphatic rings. The van der Waals surface area contributed by atoms with Crippen molar-refractivity contribution in [2.24, 2.45) is 5.92 Å². The molecule has 1 heterocycles. The maximum absolute atomic E-state index is 13.0. The minimum Gasteiger partial charge on any atom is -0.497 e. The van der Waals surface area contributed by atoms with Crippen molar-refractivity contribution in [3.63, 3.8) is 0 Å². The van der Waals surface area contributed by atoms with E-state index in [1.807, 2.05) is 31.2 Å². The van der Waals surface area contributed by atoms with Gasteiger partial charge in [-0.3, -0.25) is 9.69 Å². The van der Waals surface area contributed by atoms with E-state index in [4.69, 9.17) is 4.74 Å². The number of methoxy groups -OCH3 is 1. The number of anilines is 1. The van der Waals surface area contributed by atoms with E-state index >= 15 is 0 Å². The summed E-state index contributed by atoms with van der Waals surface area (Å²) in [7, 11) is 1.67. The van der Waals surface area contributed by atoms with Crippen LogP contribution in [0.15, 0.2) is 42.5 Å². The predicted molar refractivity (Wildman–Crippen MR) is 123 cm³/mol. The molecule has 5 heteroatoms. The largest absolute Gasteiger partial charge is 0.497 e. The van der Waals surface area contributed by atoms with E-state index in [1.54, 1.807) is 7.11 Å². The molecule has 1 aliphatic heterocycles. The molecule has 166 valence electrons. The van der Waals surface area contributed by atoms with Gasteiger partial charge in [0, 0.05) is 24.2 Å². The summed E-state index contributed by atoms with van der Waals surface area (Å²) in [5.74, 6) is 0.946. The summed E-state index contributed by atoms with van der Waals surface area (Å²) in [4.78, 5) is 15.3. The van der Waals surface area contributed by atoms with Crippen LogP contribution in [0.1, 0.15) is 54.8 Å². The molecule has 2 N–H and O–H groups in total. The lowest BCUT2D eigenvalue weighted by molar-refractivity contribution is -0.135. The average Bonchev–Trinajstić information content (AvgIpc) is 2.76. The smallest absolute Gasteiger partial charge is 0.238 e. The van der Waals surface area contributed by atoms with Gasteiger partial charge in [0.05, 0.1) is 19.3 Å². The quantitative estimate of drug-likeness (QED) is 0.738. The van der Waals surface area contributed by atoms with Gasteiger partial charge in [0.2, 0.25) is 5.91 Å². The normalized spacial score (nSPS) is 26.2. The molecule has 0 aromatic heterocycles. The van der Waals surface area contributed by atoms with Crippen LogP contribution in [-0.2, 0) is 4.79 Å². The Hall–Kier alpha value is -2.37. The number of aryl methyl sites for hydroxylation is 2. The summed E-state index contributed by atoms with van der Waals surface area (Å²) in [6.45, 7) is 5.10. The topological polar surface area (TPSA) is 61.8 Å². The van der Waals surface area contributed by atoms with Gasteiger partial charge < -0.3 is 15.2 Å². The van der Waals surface area contributed by atoms with Crippen molar-refractivity contribution in [1.29, 1.82) is 0 Å². The first-order valence-corrected chi connectivity index (χ1v) is 11.4. The fourth-order valence-electron chi connectivity index (χ4n) is 5.49. The molecule has 0 spiro atoms. The fourth-order valence-corrected chi connectivity index (χ4v) is 5.49. The highest BCUT2D eigenvalue weighted by Crippen LogP contribution is 2.49. The van der Waals surface area contributed by atoms with Gasteiger partial charge in [-0.15, -0.1) is 0 Å². The zero-order chi connectivity index (χ0) is 22.0. The minimum atomic E-state index is -0.636. The highest BCUT2D eigenvalue weighted by molar-refractivity contribution is 5.93. The number of fused-ring (bicyclic) bond motifs is 1. The number of rotatable bonds is 5. The lowest BCUT2D eigenvalue weighted by Crippen LogP contribution is -2.56. The van der Waals surface area contributed by atoms with Crippen molar-refractivity contribution < 1.29 is 14.6 Å². The average molecular weight is 423 g/mol. The third-order valence-electron chi connectivity index (χ3n) is 7.13. The van der Waals surface area contributed by atoms with Gasteiger partial charge in [-0.25, -0.2) is 0 Å². The van der Waals surface area contributed by atoms with Crippen molar-refractivity contribution in [2.45, 2.75) is 57.6 Å². The van der Waals surface area contributed by atoms with Crippen molar-refractivity contribution in [2.75, 3.05) is 25.5 Å². The van der Waals surface area contributed by atoms with Crippen LogP contribution >= 0.6 is 0 Å². The lowest BCUT2D eigenvalue weighted by atomic mass is 9.66. The monoisotopic (exact) mass is 422 g/mol. The highest BCUT2D eigenvalue weighted by Gasteiger charge is 2.49. The number of aliphatic hydroxyl groups is 1. The Balaban J connectivity index is 1.57. The molecule has 31 heavy (non-hydrogen) atoms. The number of hydrogen-bond donors (Lipinski definition) is 2. The first-order valence-electron chi connectivity index (χ1n) is 11.4. The predicted octanol–water partition coefficient (Wildman–Crippen LogP) is 4.62. The second kappa shape index (κ2) is 9.01. The molecular formula is C26H34N2O3. The second-order valence-electron chi connectivity index (χ2n) is 9.26. The maximum atomic E-state index is 13.0. The van der Waals surface area contributed by atoms with E-state index < -0.39 is 5.60 Å². The molecule has 1 aliphatic carbocycles. The van der Waals surface area contributed by atoms with Crippen LogP contribution in [0.5, 0.6) is 5.75 Å². The molecule has 2 aromatic carbocycles. The van der Waals surface area contributed by atoms with E-state index in [0.717, 1.165) is 54.7 Å². The number of ether oxygens (including phenoxy) is 1. The van der Waals surface area contributed by atoms with Crippen molar-refractivity contribution >= 4 is 11.6 Å². The van der Waals surface area contributed by atoms with Gasteiger partial charge >= 0.3 is 0 Å². The van der Waals surface area contributed by atoms with Gasteiger partial charge in [0.1, 0.15) is 5.75 Å². The molecule has 5 nitrogen and oxygen atoms in total. The first-order chi connectivity index (χ1) is 14.9. The number of carbonyl (C=O) groups excluding carboxylic acids is 1. The Kier molecular flexibility index (Phi) is 6.35. The summed E-state index contributed by atoms with van der Waals surface area (Å²) in [5.41, 5.74) is 3.62. The molecule has 0 bridgehead atoms. The number of amides is 1. The third kappa shape index (κ3) is 4.63. The van der Waals surface area contributed by atoms with Crippen LogP contribution in [0.2, 0.25) is 0 Å². The molecule has 1 saturated heterocycles. The van der Waals surface area contributed by atoms with Crippen LogP contribution in [0.4, 0.5) is 5.69 Å². The molecule has 0 unspecified atom stereocenters. The molecular weight excluding hydrogens is 388 g/mol. The third-order valence-corrected chi connectivity index (χ3v) is 7.13. The molecule has 0 radical (unpaired) electrons. The number of piperidine rings is 1. The fraction of sp³-hybridized carbons (Fsp3) is 0.500. The van der Waals surface area contributed by atoms with Crippen LogP contribution in [0.25, 0.3) is 0 Å². The maximum Gasteiger partial charge on any atom is 0.238 e. The van der Waals surface area contributed by atoms with E-state index in [0.29, 0.717) is 13.1 Å². The van der Waals surface area contributed by atoms with Crippen LogP contribution in [-0.4, -0.2) is 41.7 Å². The SMILES string of the molecule is COc1ccc([C@H]2[C@H]3CCCC[C@@]3(O)CCN2CC(=O)Nc2ccc(C)cc2C)cc1. The van der Waals surface area contributed by atoms with Crippen LogP contribution in [0, 0.1) is 19.8 Å².